The molecule has 24 heavy (non-hydrogen) atoms. The molecule has 0 N–H and O–H groups in total. The number of benzene rings is 2. The number of hydrogen-bond donors (Lipinski definition) is 0. The topological polar surface area (TPSA) is 43.6 Å². The van der Waals surface area contributed by atoms with E-state index in [1.165, 1.54) is 11.3 Å². The molecule has 1 aromatic heterocycles. The summed E-state index contributed by atoms with van der Waals surface area (Å²) in [6.07, 6.45) is 0.246. The van der Waals surface area contributed by atoms with Crippen LogP contribution in [0.15, 0.2) is 47.5 Å². The summed E-state index contributed by atoms with van der Waals surface area (Å²) >= 11 is 7.53. The lowest BCUT2D eigenvalue weighted by atomic mass is 10.1. The Kier molecular flexibility index (Phi) is 5.02. The van der Waals surface area contributed by atoms with E-state index in [0.29, 0.717) is 9.82 Å². The molecule has 6 heteroatoms. The first-order chi connectivity index (χ1) is 11.6. The first-order valence-corrected chi connectivity index (χ1v) is 8.79. The van der Waals surface area contributed by atoms with Gasteiger partial charge in [0.15, 0.2) is 4.80 Å². The number of carbonyl (C=O) groups is 1. The van der Waals surface area contributed by atoms with Crippen molar-refractivity contribution in [2.75, 3.05) is 7.11 Å². The fourth-order valence-electron chi connectivity index (χ4n) is 2.54. The second kappa shape index (κ2) is 7.20. The number of aromatic nitrogens is 1. The van der Waals surface area contributed by atoms with Crippen LogP contribution in [0, 0.1) is 0 Å². The Hall–Kier alpha value is -2.11. The van der Waals surface area contributed by atoms with Gasteiger partial charge in [-0.15, -0.1) is 0 Å². The molecule has 0 bridgehead atoms. The van der Waals surface area contributed by atoms with Gasteiger partial charge in [-0.25, -0.2) is 0 Å². The third kappa shape index (κ3) is 3.52. The Labute approximate surface area is 149 Å². The normalized spacial score (nSPS) is 11.9. The average molecular weight is 361 g/mol. The van der Waals surface area contributed by atoms with Gasteiger partial charge < -0.3 is 9.30 Å². The summed E-state index contributed by atoms with van der Waals surface area (Å²) in [6, 6.07) is 13.2. The quantitative estimate of drug-likeness (QED) is 0.704. The molecule has 2 aromatic carbocycles. The van der Waals surface area contributed by atoms with Gasteiger partial charge in [-0.05, 0) is 42.8 Å². The zero-order valence-corrected chi connectivity index (χ0v) is 15.0. The number of aryl methyl sites for hydroxylation is 1. The lowest BCUT2D eigenvalue weighted by Crippen LogP contribution is -2.16. The predicted octanol–water partition coefficient (Wildman–Crippen LogP) is 4.05. The van der Waals surface area contributed by atoms with Gasteiger partial charge in [-0.2, -0.15) is 4.99 Å². The molecule has 0 radical (unpaired) electrons. The molecular formula is C18H17ClN2O2S. The van der Waals surface area contributed by atoms with Gasteiger partial charge in [0, 0.05) is 11.6 Å². The Balaban J connectivity index is 1.95. The first-order valence-electron chi connectivity index (χ1n) is 7.60. The third-order valence-corrected chi connectivity index (χ3v) is 4.95. The molecular weight excluding hydrogens is 344 g/mol. The van der Waals surface area contributed by atoms with Gasteiger partial charge in [0.1, 0.15) is 5.75 Å². The molecule has 0 saturated heterocycles. The molecule has 0 spiro atoms. The lowest BCUT2D eigenvalue weighted by Gasteiger charge is -2.02. The van der Waals surface area contributed by atoms with Crippen LogP contribution >= 0.6 is 22.9 Å². The molecule has 0 fully saturated rings. The molecule has 0 unspecified atom stereocenters. The van der Waals surface area contributed by atoms with Gasteiger partial charge in [0.25, 0.3) is 5.91 Å². The van der Waals surface area contributed by atoms with E-state index >= 15 is 0 Å². The molecule has 3 rings (SSSR count). The Bertz CT molecular complexity index is 959. The maximum atomic E-state index is 12.4. The maximum Gasteiger partial charge on any atom is 0.252 e. The van der Waals surface area contributed by atoms with Crippen molar-refractivity contribution in [3.63, 3.8) is 0 Å². The molecule has 1 amide bonds. The summed E-state index contributed by atoms with van der Waals surface area (Å²) in [4.78, 5) is 17.4. The Morgan fingerprint density at radius 1 is 1.29 bits per heavy atom. The number of ether oxygens (including phenoxy) is 1. The van der Waals surface area contributed by atoms with Gasteiger partial charge >= 0.3 is 0 Å². The lowest BCUT2D eigenvalue weighted by molar-refractivity contribution is -0.117. The van der Waals surface area contributed by atoms with Crippen molar-refractivity contribution in [1.82, 2.24) is 4.57 Å². The van der Waals surface area contributed by atoms with Crippen LogP contribution in [0.4, 0.5) is 0 Å². The minimum absolute atomic E-state index is 0.178. The van der Waals surface area contributed by atoms with E-state index in [0.717, 1.165) is 28.1 Å². The highest BCUT2D eigenvalue weighted by Gasteiger charge is 2.08. The molecule has 4 nitrogen and oxygen atoms in total. The second-order valence-electron chi connectivity index (χ2n) is 5.27. The van der Waals surface area contributed by atoms with Crippen molar-refractivity contribution in [1.29, 1.82) is 0 Å². The first kappa shape index (κ1) is 16.7. The minimum Gasteiger partial charge on any atom is -0.497 e. The van der Waals surface area contributed by atoms with Crippen LogP contribution in [0.2, 0.25) is 5.02 Å². The third-order valence-electron chi connectivity index (χ3n) is 3.67. The highest BCUT2D eigenvalue weighted by atomic mass is 35.5. The molecule has 0 atom stereocenters. The van der Waals surface area contributed by atoms with Crippen LogP contribution in [-0.4, -0.2) is 17.6 Å². The van der Waals surface area contributed by atoms with E-state index in [-0.39, 0.29) is 12.3 Å². The van der Waals surface area contributed by atoms with Crippen molar-refractivity contribution in [3.8, 4) is 5.75 Å². The minimum atomic E-state index is -0.178. The van der Waals surface area contributed by atoms with Crippen LogP contribution in [0.25, 0.3) is 10.2 Å². The fourth-order valence-corrected chi connectivity index (χ4v) is 3.93. The monoisotopic (exact) mass is 360 g/mol. The molecule has 1 heterocycles. The van der Waals surface area contributed by atoms with Crippen molar-refractivity contribution in [3.05, 3.63) is 57.9 Å². The summed E-state index contributed by atoms with van der Waals surface area (Å²) in [7, 11) is 1.61. The molecule has 0 aliphatic heterocycles. The number of amides is 1. The van der Waals surface area contributed by atoms with E-state index in [1.54, 1.807) is 7.11 Å². The predicted molar refractivity (Wildman–Crippen MR) is 97.8 cm³/mol. The van der Waals surface area contributed by atoms with Crippen LogP contribution in [0.3, 0.4) is 0 Å². The number of thiazole rings is 1. The van der Waals surface area contributed by atoms with Gasteiger partial charge in [0.05, 0.1) is 23.7 Å². The standard InChI is InChI=1S/C18H17ClN2O2S/c1-3-21-15-8-7-13(19)11-16(15)24-18(21)20-17(22)10-12-5-4-6-14(9-12)23-2/h4-9,11H,3,10H2,1-2H3. The number of rotatable bonds is 4. The van der Waals surface area contributed by atoms with E-state index in [9.17, 15) is 4.79 Å². The summed E-state index contributed by atoms with van der Waals surface area (Å²) in [6.45, 7) is 2.78. The highest BCUT2D eigenvalue weighted by Crippen LogP contribution is 2.22. The summed E-state index contributed by atoms with van der Waals surface area (Å²) in [5.41, 5.74) is 1.93. The summed E-state index contributed by atoms with van der Waals surface area (Å²) in [5, 5.41) is 0.682. The van der Waals surface area contributed by atoms with Gasteiger partial charge in [-0.3, -0.25) is 4.79 Å². The van der Waals surface area contributed by atoms with Crippen molar-refractivity contribution in [2.45, 2.75) is 19.9 Å². The highest BCUT2D eigenvalue weighted by molar-refractivity contribution is 7.16. The largest absolute Gasteiger partial charge is 0.497 e. The van der Waals surface area contributed by atoms with Crippen LogP contribution in [-0.2, 0) is 17.8 Å². The Morgan fingerprint density at radius 2 is 2.12 bits per heavy atom. The molecule has 0 saturated carbocycles. The number of hydrogen-bond acceptors (Lipinski definition) is 3. The average Bonchev–Trinajstić information content (AvgIpc) is 2.90. The van der Waals surface area contributed by atoms with Crippen molar-refractivity contribution >= 4 is 39.1 Å². The summed E-state index contributed by atoms with van der Waals surface area (Å²) < 4.78 is 8.24. The van der Waals surface area contributed by atoms with Crippen LogP contribution < -0.4 is 9.54 Å². The molecule has 0 aliphatic carbocycles. The van der Waals surface area contributed by atoms with E-state index < -0.39 is 0 Å². The van der Waals surface area contributed by atoms with Gasteiger partial charge in [-0.1, -0.05) is 35.1 Å². The Morgan fingerprint density at radius 3 is 2.88 bits per heavy atom. The number of halogens is 1. The number of nitrogens with zero attached hydrogens (tertiary/aromatic N) is 2. The zero-order chi connectivity index (χ0) is 17.1. The second-order valence-corrected chi connectivity index (χ2v) is 6.72. The van der Waals surface area contributed by atoms with Gasteiger partial charge in [0.2, 0.25) is 0 Å². The van der Waals surface area contributed by atoms with Crippen LogP contribution in [0.1, 0.15) is 12.5 Å². The number of fused-ring (bicyclic) bond motifs is 1. The number of methoxy groups -OCH3 is 1. The van der Waals surface area contributed by atoms with E-state index in [4.69, 9.17) is 16.3 Å². The SMILES string of the molecule is CCn1c(=NC(=O)Cc2cccc(OC)c2)sc2cc(Cl)ccc21. The van der Waals surface area contributed by atoms with E-state index in [1.807, 2.05) is 54.0 Å². The number of carbonyl (C=O) groups excluding carboxylic acids is 1. The maximum absolute atomic E-state index is 12.4. The van der Waals surface area contributed by atoms with Crippen molar-refractivity contribution < 1.29 is 9.53 Å². The van der Waals surface area contributed by atoms with Crippen molar-refractivity contribution in [2.24, 2.45) is 4.99 Å². The fraction of sp³-hybridized carbons (Fsp3) is 0.222. The zero-order valence-electron chi connectivity index (χ0n) is 13.5. The van der Waals surface area contributed by atoms with Crippen LogP contribution in [0.5, 0.6) is 5.75 Å². The molecule has 0 aliphatic rings. The smallest absolute Gasteiger partial charge is 0.252 e. The summed E-state index contributed by atoms with van der Waals surface area (Å²) in [5.74, 6) is 0.559. The molecule has 124 valence electrons. The van der Waals surface area contributed by atoms with E-state index in [2.05, 4.69) is 4.99 Å². The molecule has 3 aromatic rings.